The fraction of sp³-hybridized carbons (Fsp3) is 0.385. The Labute approximate surface area is 127 Å². The van der Waals surface area contributed by atoms with Gasteiger partial charge < -0.3 is 10.1 Å². The minimum Gasteiger partial charge on any atom is -0.469 e. The van der Waals surface area contributed by atoms with Crippen molar-refractivity contribution in [2.45, 2.75) is 17.4 Å². The van der Waals surface area contributed by atoms with Crippen molar-refractivity contribution in [1.82, 2.24) is 9.62 Å². The molecule has 120 valence electrons. The summed E-state index contributed by atoms with van der Waals surface area (Å²) in [4.78, 5) is 23.0. The van der Waals surface area contributed by atoms with Crippen LogP contribution in [0, 0.1) is 5.82 Å². The number of benzene rings is 1. The lowest BCUT2D eigenvalue weighted by molar-refractivity contribution is -0.144. The lowest BCUT2D eigenvalue weighted by Crippen LogP contribution is -2.57. The molecule has 1 amide bonds. The normalized spacial score (nSPS) is 19.5. The summed E-state index contributed by atoms with van der Waals surface area (Å²) in [6.07, 6.45) is -0.406. The van der Waals surface area contributed by atoms with E-state index >= 15 is 0 Å². The first-order valence-corrected chi connectivity index (χ1v) is 7.92. The number of ether oxygens (including phenoxy) is 1. The summed E-state index contributed by atoms with van der Waals surface area (Å²) in [5.74, 6) is -2.00. The van der Waals surface area contributed by atoms with E-state index in [0.29, 0.717) is 0 Å². The van der Waals surface area contributed by atoms with Crippen LogP contribution in [0.1, 0.15) is 6.42 Å². The predicted octanol–water partition coefficient (Wildman–Crippen LogP) is -0.122. The second kappa shape index (κ2) is 6.41. The van der Waals surface area contributed by atoms with E-state index in [1.807, 2.05) is 0 Å². The van der Waals surface area contributed by atoms with Crippen molar-refractivity contribution < 1.29 is 27.1 Å². The standard InChI is InChI=1S/C13H15FN2O5S/c1-21-12(17)8-11-13(18)15-5-6-16(11)22(19,20)10-4-2-3-9(14)7-10/h2-4,7,11H,5-6,8H2,1H3,(H,15,18). The molecular formula is C13H15FN2O5S. The van der Waals surface area contributed by atoms with E-state index in [2.05, 4.69) is 10.1 Å². The largest absolute Gasteiger partial charge is 0.469 e. The number of hydrogen-bond acceptors (Lipinski definition) is 5. The summed E-state index contributed by atoms with van der Waals surface area (Å²) in [6.45, 7) is 0.108. The van der Waals surface area contributed by atoms with Gasteiger partial charge in [0.25, 0.3) is 0 Å². The Bertz CT molecular complexity index is 691. The highest BCUT2D eigenvalue weighted by Crippen LogP contribution is 2.22. The van der Waals surface area contributed by atoms with E-state index in [9.17, 15) is 22.4 Å². The number of nitrogens with one attached hydrogen (secondary N) is 1. The molecule has 22 heavy (non-hydrogen) atoms. The Kier molecular flexibility index (Phi) is 4.77. The van der Waals surface area contributed by atoms with Crippen molar-refractivity contribution in [1.29, 1.82) is 0 Å². The van der Waals surface area contributed by atoms with Gasteiger partial charge in [-0.3, -0.25) is 9.59 Å². The summed E-state index contributed by atoms with van der Waals surface area (Å²) in [6, 6.07) is 3.28. The smallest absolute Gasteiger partial charge is 0.307 e. The van der Waals surface area contributed by atoms with Gasteiger partial charge in [0.15, 0.2) is 0 Å². The molecule has 1 atom stereocenters. The van der Waals surface area contributed by atoms with Crippen LogP contribution in [0.3, 0.4) is 0 Å². The molecule has 0 bridgehead atoms. The van der Waals surface area contributed by atoms with Gasteiger partial charge in [0.2, 0.25) is 15.9 Å². The molecule has 0 aromatic heterocycles. The number of amides is 1. The zero-order valence-electron chi connectivity index (χ0n) is 11.8. The van der Waals surface area contributed by atoms with E-state index in [4.69, 9.17) is 0 Å². The van der Waals surface area contributed by atoms with Crippen LogP contribution in [0.4, 0.5) is 4.39 Å². The third-order valence-electron chi connectivity index (χ3n) is 3.27. The molecule has 0 aliphatic carbocycles. The molecule has 0 radical (unpaired) electrons. The summed E-state index contributed by atoms with van der Waals surface area (Å²) in [5.41, 5.74) is 0. The fourth-order valence-electron chi connectivity index (χ4n) is 2.18. The minimum absolute atomic E-state index is 0.00769. The number of sulfonamides is 1. The van der Waals surface area contributed by atoms with Crippen LogP contribution >= 0.6 is 0 Å². The number of carbonyl (C=O) groups excluding carboxylic acids is 2. The maximum atomic E-state index is 13.3. The minimum atomic E-state index is -4.10. The zero-order chi connectivity index (χ0) is 16.3. The van der Waals surface area contributed by atoms with Crippen molar-refractivity contribution in [2.24, 2.45) is 0 Å². The maximum absolute atomic E-state index is 13.3. The van der Waals surface area contributed by atoms with Crippen molar-refractivity contribution >= 4 is 21.9 Å². The average molecular weight is 330 g/mol. The molecule has 1 aromatic rings. The molecule has 1 N–H and O–H groups in total. The molecule has 1 aliphatic rings. The van der Waals surface area contributed by atoms with E-state index < -0.39 is 40.2 Å². The summed E-state index contributed by atoms with van der Waals surface area (Å²) >= 11 is 0. The van der Waals surface area contributed by atoms with E-state index in [0.717, 1.165) is 23.5 Å². The van der Waals surface area contributed by atoms with Crippen molar-refractivity contribution in [2.75, 3.05) is 20.2 Å². The summed E-state index contributed by atoms with van der Waals surface area (Å²) in [5, 5.41) is 2.50. The molecule has 0 spiro atoms. The van der Waals surface area contributed by atoms with Crippen molar-refractivity contribution in [3.8, 4) is 0 Å². The molecule has 7 nitrogen and oxygen atoms in total. The molecule has 1 aliphatic heterocycles. The van der Waals surface area contributed by atoms with Crippen LogP contribution in [0.25, 0.3) is 0 Å². The highest BCUT2D eigenvalue weighted by atomic mass is 32.2. The fourth-order valence-corrected chi connectivity index (χ4v) is 3.80. The van der Waals surface area contributed by atoms with Crippen molar-refractivity contribution in [3.63, 3.8) is 0 Å². The van der Waals surface area contributed by atoms with Gasteiger partial charge in [-0.15, -0.1) is 0 Å². The molecule has 1 aromatic carbocycles. The van der Waals surface area contributed by atoms with Crippen LogP contribution < -0.4 is 5.32 Å². The van der Waals surface area contributed by atoms with E-state index in [1.54, 1.807) is 0 Å². The second-order valence-electron chi connectivity index (χ2n) is 4.66. The third kappa shape index (κ3) is 3.25. The van der Waals surface area contributed by atoms with E-state index in [-0.39, 0.29) is 18.0 Å². The first-order chi connectivity index (χ1) is 10.4. The number of piperazine rings is 1. The van der Waals surface area contributed by atoms with Gasteiger partial charge in [0.05, 0.1) is 18.4 Å². The van der Waals surface area contributed by atoms with E-state index in [1.165, 1.54) is 12.1 Å². The lowest BCUT2D eigenvalue weighted by Gasteiger charge is -2.33. The Morgan fingerprint density at radius 3 is 2.86 bits per heavy atom. The van der Waals surface area contributed by atoms with Gasteiger partial charge in [-0.1, -0.05) is 6.07 Å². The number of esters is 1. The number of carbonyl (C=O) groups is 2. The first-order valence-electron chi connectivity index (χ1n) is 6.48. The average Bonchev–Trinajstić information content (AvgIpc) is 2.49. The summed E-state index contributed by atoms with van der Waals surface area (Å²) in [7, 11) is -2.95. The third-order valence-corrected chi connectivity index (χ3v) is 5.18. The van der Waals surface area contributed by atoms with Gasteiger partial charge in [-0.25, -0.2) is 12.8 Å². The Morgan fingerprint density at radius 1 is 1.50 bits per heavy atom. The molecule has 0 saturated carbocycles. The van der Waals surface area contributed by atoms with Gasteiger partial charge >= 0.3 is 5.97 Å². The molecular weight excluding hydrogens is 315 g/mol. The highest BCUT2D eigenvalue weighted by Gasteiger charge is 2.39. The van der Waals surface area contributed by atoms with Gasteiger partial charge in [0.1, 0.15) is 11.9 Å². The molecule has 1 unspecified atom stereocenters. The maximum Gasteiger partial charge on any atom is 0.307 e. The highest BCUT2D eigenvalue weighted by molar-refractivity contribution is 7.89. The van der Waals surface area contributed by atoms with Gasteiger partial charge in [0, 0.05) is 13.1 Å². The lowest BCUT2D eigenvalue weighted by atomic mass is 10.1. The van der Waals surface area contributed by atoms with Crippen LogP contribution in [0.5, 0.6) is 0 Å². The second-order valence-corrected chi connectivity index (χ2v) is 6.55. The molecule has 1 saturated heterocycles. The zero-order valence-corrected chi connectivity index (χ0v) is 12.6. The quantitative estimate of drug-likeness (QED) is 0.777. The number of nitrogens with zero attached hydrogens (tertiary/aromatic N) is 1. The predicted molar refractivity (Wildman–Crippen MR) is 73.7 cm³/mol. The SMILES string of the molecule is COC(=O)CC1C(=O)NCCN1S(=O)(=O)c1cccc(F)c1. The topological polar surface area (TPSA) is 92.8 Å². The van der Waals surface area contributed by atoms with Crippen molar-refractivity contribution in [3.05, 3.63) is 30.1 Å². The van der Waals surface area contributed by atoms with Gasteiger partial charge in [-0.2, -0.15) is 4.31 Å². The first kappa shape index (κ1) is 16.4. The summed E-state index contributed by atoms with van der Waals surface area (Å²) < 4.78 is 43.8. The molecule has 2 rings (SSSR count). The Hall–Kier alpha value is -2.00. The molecule has 9 heteroatoms. The van der Waals surface area contributed by atoms with Crippen LogP contribution in [-0.2, 0) is 24.3 Å². The number of methoxy groups -OCH3 is 1. The van der Waals surface area contributed by atoms with Gasteiger partial charge in [-0.05, 0) is 18.2 Å². The monoisotopic (exact) mass is 330 g/mol. The van der Waals surface area contributed by atoms with Crippen LogP contribution in [0.2, 0.25) is 0 Å². The Morgan fingerprint density at radius 2 is 2.23 bits per heavy atom. The number of hydrogen-bond donors (Lipinski definition) is 1. The Balaban J connectivity index is 2.37. The van der Waals surface area contributed by atoms with Crippen LogP contribution in [-0.4, -0.2) is 50.8 Å². The molecule has 1 heterocycles. The number of rotatable bonds is 4. The number of halogens is 1. The molecule has 1 fully saturated rings. The van der Waals surface area contributed by atoms with Crippen LogP contribution in [0.15, 0.2) is 29.2 Å².